The van der Waals surface area contributed by atoms with Gasteiger partial charge in [-0.1, -0.05) is 48.0 Å². The van der Waals surface area contributed by atoms with Gasteiger partial charge < -0.3 is 9.73 Å². The van der Waals surface area contributed by atoms with Gasteiger partial charge in [-0.3, -0.25) is 9.69 Å². The number of amides is 1. The molecule has 0 bridgehead atoms. The van der Waals surface area contributed by atoms with Crippen molar-refractivity contribution in [3.8, 4) is 11.5 Å². The minimum atomic E-state index is 0.0841. The summed E-state index contributed by atoms with van der Waals surface area (Å²) in [6.07, 6.45) is 3.68. The van der Waals surface area contributed by atoms with Crippen LogP contribution in [0, 0.1) is 12.8 Å². The molecule has 0 spiro atoms. The first-order valence-corrected chi connectivity index (χ1v) is 12.1. The van der Waals surface area contributed by atoms with Crippen molar-refractivity contribution in [2.24, 2.45) is 5.92 Å². The molecule has 6 heteroatoms. The van der Waals surface area contributed by atoms with Gasteiger partial charge in [0.2, 0.25) is 11.8 Å². The summed E-state index contributed by atoms with van der Waals surface area (Å²) in [7, 11) is 0. The smallest absolute Gasteiger partial charge is 0.226 e. The highest BCUT2D eigenvalue weighted by molar-refractivity contribution is 6.30. The van der Waals surface area contributed by atoms with Gasteiger partial charge in [-0.05, 0) is 76.4 Å². The van der Waals surface area contributed by atoms with Crippen LogP contribution in [-0.2, 0) is 17.8 Å². The lowest BCUT2D eigenvalue weighted by Crippen LogP contribution is -2.43. The number of carbonyl (C=O) groups excluding carboxylic acids is 1. The third-order valence-corrected chi connectivity index (χ3v) is 6.63. The van der Waals surface area contributed by atoms with Crippen LogP contribution in [0.3, 0.4) is 0 Å². The molecular formula is C27H32ClN3O2. The summed E-state index contributed by atoms with van der Waals surface area (Å²) in [5, 5.41) is 3.89. The molecule has 1 atom stereocenters. The summed E-state index contributed by atoms with van der Waals surface area (Å²) in [6, 6.07) is 18.2. The Morgan fingerprint density at radius 1 is 1.18 bits per heavy atom. The van der Waals surface area contributed by atoms with Gasteiger partial charge in [0, 0.05) is 29.1 Å². The summed E-state index contributed by atoms with van der Waals surface area (Å²) in [6.45, 7) is 6.55. The van der Waals surface area contributed by atoms with E-state index in [-0.39, 0.29) is 17.9 Å². The Morgan fingerprint density at radius 3 is 2.67 bits per heavy atom. The molecule has 4 rings (SSSR count). The largest absolute Gasteiger partial charge is 0.441 e. The van der Waals surface area contributed by atoms with Gasteiger partial charge in [0.25, 0.3) is 0 Å². The monoisotopic (exact) mass is 465 g/mol. The molecule has 3 aromatic rings. The number of rotatable bonds is 8. The number of nitrogens with one attached hydrogen (secondary N) is 1. The topological polar surface area (TPSA) is 58.4 Å². The summed E-state index contributed by atoms with van der Waals surface area (Å²) in [5.74, 6) is 1.71. The van der Waals surface area contributed by atoms with E-state index >= 15 is 0 Å². The Labute approximate surface area is 201 Å². The number of nitrogens with zero attached hydrogens (tertiary/aromatic N) is 2. The lowest BCUT2D eigenvalue weighted by molar-refractivity contribution is -0.127. The molecule has 1 saturated heterocycles. The number of carbonyl (C=O) groups is 1. The van der Waals surface area contributed by atoms with Crippen molar-refractivity contribution in [3.63, 3.8) is 0 Å². The number of hydrogen-bond donors (Lipinski definition) is 1. The summed E-state index contributed by atoms with van der Waals surface area (Å²) in [4.78, 5) is 19.8. The average molecular weight is 466 g/mol. The molecule has 1 N–H and O–H groups in total. The van der Waals surface area contributed by atoms with Crippen LogP contribution in [0.1, 0.15) is 43.2 Å². The van der Waals surface area contributed by atoms with Crippen LogP contribution < -0.4 is 5.32 Å². The standard InChI is InChI=1S/C27H32ClN3O2/c1-19(11-12-21-7-4-3-5-8-21)29-26(32)22-13-15-31(16-14-22)18-25-20(2)33-27(30-25)23-9-6-10-24(28)17-23/h3-10,17,19,22H,11-16,18H2,1-2H3,(H,29,32)/t19-/m1/s1. The minimum Gasteiger partial charge on any atom is -0.441 e. The van der Waals surface area contributed by atoms with Crippen LogP contribution in [0.4, 0.5) is 0 Å². The van der Waals surface area contributed by atoms with Crippen LogP contribution in [-0.4, -0.2) is 34.9 Å². The van der Waals surface area contributed by atoms with E-state index in [4.69, 9.17) is 21.0 Å². The number of aromatic nitrogens is 1. The second kappa shape index (κ2) is 11.0. The Kier molecular flexibility index (Phi) is 7.84. The molecule has 2 aromatic carbocycles. The summed E-state index contributed by atoms with van der Waals surface area (Å²) in [5.41, 5.74) is 3.14. The fourth-order valence-electron chi connectivity index (χ4n) is 4.35. The minimum absolute atomic E-state index is 0.0841. The van der Waals surface area contributed by atoms with Gasteiger partial charge in [-0.25, -0.2) is 4.98 Å². The first-order valence-electron chi connectivity index (χ1n) is 11.8. The van der Waals surface area contributed by atoms with E-state index in [2.05, 4.69) is 41.4 Å². The SMILES string of the molecule is Cc1oc(-c2cccc(Cl)c2)nc1CN1CCC(C(=O)N[C@H](C)CCc2ccccc2)CC1. The maximum absolute atomic E-state index is 12.8. The van der Waals surface area contributed by atoms with Crippen molar-refractivity contribution in [1.82, 2.24) is 15.2 Å². The molecule has 0 saturated carbocycles. The van der Waals surface area contributed by atoms with E-state index in [1.807, 2.05) is 37.3 Å². The van der Waals surface area contributed by atoms with Crippen molar-refractivity contribution >= 4 is 17.5 Å². The molecule has 1 aliphatic rings. The highest BCUT2D eigenvalue weighted by Crippen LogP contribution is 2.26. The highest BCUT2D eigenvalue weighted by Gasteiger charge is 2.26. The zero-order chi connectivity index (χ0) is 23.2. The lowest BCUT2D eigenvalue weighted by Gasteiger charge is -2.31. The lowest BCUT2D eigenvalue weighted by atomic mass is 9.95. The van der Waals surface area contributed by atoms with Crippen molar-refractivity contribution in [2.45, 2.75) is 52.1 Å². The zero-order valence-corrected chi connectivity index (χ0v) is 20.1. The number of aryl methyl sites for hydroxylation is 2. The maximum atomic E-state index is 12.8. The number of piperidine rings is 1. The molecule has 0 radical (unpaired) electrons. The molecule has 1 amide bonds. The first-order chi connectivity index (χ1) is 16.0. The summed E-state index contributed by atoms with van der Waals surface area (Å²) < 4.78 is 5.89. The number of oxazole rings is 1. The third-order valence-electron chi connectivity index (χ3n) is 6.39. The molecule has 1 aliphatic heterocycles. The van der Waals surface area contributed by atoms with Crippen molar-refractivity contribution in [1.29, 1.82) is 0 Å². The average Bonchev–Trinajstić information content (AvgIpc) is 3.19. The first kappa shape index (κ1) is 23.5. The summed E-state index contributed by atoms with van der Waals surface area (Å²) >= 11 is 6.10. The van der Waals surface area contributed by atoms with Crippen molar-refractivity contribution in [2.75, 3.05) is 13.1 Å². The van der Waals surface area contributed by atoms with Gasteiger partial charge in [0.1, 0.15) is 5.76 Å². The fraction of sp³-hybridized carbons (Fsp3) is 0.407. The highest BCUT2D eigenvalue weighted by atomic mass is 35.5. The van der Waals surface area contributed by atoms with Crippen molar-refractivity contribution < 1.29 is 9.21 Å². The number of likely N-dealkylation sites (tertiary alicyclic amines) is 1. The number of benzene rings is 2. The van der Waals surface area contributed by atoms with Gasteiger partial charge >= 0.3 is 0 Å². The van der Waals surface area contributed by atoms with Gasteiger partial charge in [-0.2, -0.15) is 0 Å². The second-order valence-electron chi connectivity index (χ2n) is 9.02. The zero-order valence-electron chi connectivity index (χ0n) is 19.4. The second-order valence-corrected chi connectivity index (χ2v) is 9.45. The molecule has 1 fully saturated rings. The van der Waals surface area contributed by atoms with E-state index in [1.54, 1.807) is 0 Å². The van der Waals surface area contributed by atoms with E-state index < -0.39 is 0 Å². The molecule has 1 aromatic heterocycles. The van der Waals surface area contributed by atoms with Crippen LogP contribution in [0.2, 0.25) is 5.02 Å². The van der Waals surface area contributed by atoms with Gasteiger partial charge in [0.15, 0.2) is 0 Å². The van der Waals surface area contributed by atoms with Crippen LogP contribution in [0.15, 0.2) is 59.0 Å². The maximum Gasteiger partial charge on any atom is 0.226 e. The molecule has 0 unspecified atom stereocenters. The molecule has 33 heavy (non-hydrogen) atoms. The number of halogens is 1. The quantitative estimate of drug-likeness (QED) is 0.466. The van der Waals surface area contributed by atoms with E-state index in [1.165, 1.54) is 5.56 Å². The van der Waals surface area contributed by atoms with Crippen molar-refractivity contribution in [3.05, 3.63) is 76.6 Å². The normalized spacial score (nSPS) is 16.0. The molecule has 0 aliphatic carbocycles. The Balaban J connectivity index is 1.24. The van der Waals surface area contributed by atoms with Crippen LogP contribution >= 0.6 is 11.6 Å². The van der Waals surface area contributed by atoms with Gasteiger partial charge in [0.05, 0.1) is 5.69 Å². The van der Waals surface area contributed by atoms with E-state index in [0.717, 1.165) is 62.3 Å². The Hall–Kier alpha value is -2.63. The molecule has 174 valence electrons. The van der Waals surface area contributed by atoms with Crippen LogP contribution in [0.25, 0.3) is 11.5 Å². The predicted molar refractivity (Wildman–Crippen MR) is 132 cm³/mol. The number of hydrogen-bond acceptors (Lipinski definition) is 4. The molecule has 5 nitrogen and oxygen atoms in total. The predicted octanol–water partition coefficient (Wildman–Crippen LogP) is 5.65. The van der Waals surface area contributed by atoms with Crippen LogP contribution in [0.5, 0.6) is 0 Å². The molecule has 2 heterocycles. The molecular weight excluding hydrogens is 434 g/mol. The Morgan fingerprint density at radius 2 is 1.94 bits per heavy atom. The van der Waals surface area contributed by atoms with Gasteiger partial charge in [-0.15, -0.1) is 0 Å². The van der Waals surface area contributed by atoms with E-state index in [9.17, 15) is 4.79 Å². The van der Waals surface area contributed by atoms with E-state index in [0.29, 0.717) is 10.9 Å². The Bertz CT molecular complexity index is 1060. The fourth-order valence-corrected chi connectivity index (χ4v) is 4.54. The third kappa shape index (κ3) is 6.46.